The van der Waals surface area contributed by atoms with Crippen LogP contribution in [0.4, 0.5) is 11.5 Å². The summed E-state index contributed by atoms with van der Waals surface area (Å²) < 4.78 is 0. The van der Waals surface area contributed by atoms with E-state index in [0.29, 0.717) is 17.3 Å². The fraction of sp³-hybridized carbons (Fsp3) is 0.294. The molecule has 0 fully saturated rings. The number of hydrogen-bond acceptors (Lipinski definition) is 3. The van der Waals surface area contributed by atoms with Gasteiger partial charge in [0.2, 0.25) is 0 Å². The number of amides is 1. The summed E-state index contributed by atoms with van der Waals surface area (Å²) in [5.74, 6) is 0.995. The highest BCUT2D eigenvalue weighted by Gasteiger charge is 2.09. The lowest BCUT2D eigenvalue weighted by Gasteiger charge is -2.10. The topological polar surface area (TPSA) is 54.0 Å². The normalized spacial score (nSPS) is 10.5. The minimum atomic E-state index is -0.127. The van der Waals surface area contributed by atoms with Crippen molar-refractivity contribution in [2.24, 2.45) is 0 Å². The van der Waals surface area contributed by atoms with Gasteiger partial charge in [0.1, 0.15) is 5.82 Å². The Kier molecular flexibility index (Phi) is 4.58. The summed E-state index contributed by atoms with van der Waals surface area (Å²) in [4.78, 5) is 16.6. The molecule has 0 aliphatic carbocycles. The number of pyridine rings is 1. The third kappa shape index (κ3) is 3.81. The number of anilines is 2. The average molecular weight is 283 g/mol. The maximum absolute atomic E-state index is 12.3. The van der Waals surface area contributed by atoms with Crippen LogP contribution in [-0.2, 0) is 0 Å². The van der Waals surface area contributed by atoms with Crippen molar-refractivity contribution in [3.05, 3.63) is 53.2 Å². The van der Waals surface area contributed by atoms with Gasteiger partial charge in [-0.3, -0.25) is 4.79 Å². The second-order valence-corrected chi connectivity index (χ2v) is 5.37. The Morgan fingerprint density at radius 3 is 2.62 bits per heavy atom. The van der Waals surface area contributed by atoms with Crippen molar-refractivity contribution in [3.63, 3.8) is 0 Å². The van der Waals surface area contributed by atoms with Crippen LogP contribution >= 0.6 is 0 Å². The van der Waals surface area contributed by atoms with E-state index in [-0.39, 0.29) is 5.91 Å². The van der Waals surface area contributed by atoms with Crippen molar-refractivity contribution in [1.82, 2.24) is 4.98 Å². The molecule has 0 radical (unpaired) electrons. The average Bonchev–Trinajstić information content (AvgIpc) is 2.46. The van der Waals surface area contributed by atoms with E-state index < -0.39 is 0 Å². The van der Waals surface area contributed by atoms with Crippen molar-refractivity contribution in [2.45, 2.75) is 26.7 Å². The molecule has 2 N–H and O–H groups in total. The minimum absolute atomic E-state index is 0.127. The molecular weight excluding hydrogens is 262 g/mol. The van der Waals surface area contributed by atoms with Crippen LogP contribution in [0.25, 0.3) is 0 Å². The molecule has 1 aromatic carbocycles. The molecule has 0 bridgehead atoms. The number of hydrogen-bond donors (Lipinski definition) is 2. The van der Waals surface area contributed by atoms with Crippen molar-refractivity contribution in [2.75, 3.05) is 17.7 Å². The fourth-order valence-corrected chi connectivity index (χ4v) is 2.11. The summed E-state index contributed by atoms with van der Waals surface area (Å²) in [5.41, 5.74) is 3.42. The van der Waals surface area contributed by atoms with E-state index in [2.05, 4.69) is 35.5 Å². The van der Waals surface area contributed by atoms with Crippen LogP contribution in [0, 0.1) is 6.92 Å². The molecule has 1 heterocycles. The second-order valence-electron chi connectivity index (χ2n) is 5.37. The van der Waals surface area contributed by atoms with Gasteiger partial charge < -0.3 is 10.6 Å². The molecular formula is C17H21N3O. The first kappa shape index (κ1) is 15.0. The van der Waals surface area contributed by atoms with Gasteiger partial charge in [-0.25, -0.2) is 4.98 Å². The molecule has 2 rings (SSSR count). The molecule has 4 nitrogen and oxygen atoms in total. The molecule has 4 heteroatoms. The summed E-state index contributed by atoms with van der Waals surface area (Å²) in [7, 11) is 1.79. The molecule has 0 atom stereocenters. The Hall–Kier alpha value is -2.36. The molecule has 0 saturated carbocycles. The molecule has 2 aromatic rings. The van der Waals surface area contributed by atoms with Crippen LogP contribution in [0.1, 0.15) is 41.4 Å². The summed E-state index contributed by atoms with van der Waals surface area (Å²) in [5, 5.41) is 5.90. The standard InChI is InChI=1S/C17H21N3O/c1-11(2)13-6-5-7-15(9-13)20-17(21)14-8-12(3)19-16(10-14)18-4/h5-11H,1-4H3,(H,18,19)(H,20,21). The lowest BCUT2D eigenvalue weighted by molar-refractivity contribution is 0.102. The quantitative estimate of drug-likeness (QED) is 0.897. The summed E-state index contributed by atoms with van der Waals surface area (Å²) >= 11 is 0. The van der Waals surface area contributed by atoms with Gasteiger partial charge >= 0.3 is 0 Å². The summed E-state index contributed by atoms with van der Waals surface area (Å²) in [6, 6.07) is 11.5. The van der Waals surface area contributed by atoms with Gasteiger partial charge in [-0.2, -0.15) is 0 Å². The predicted octanol–water partition coefficient (Wildman–Crippen LogP) is 3.81. The van der Waals surface area contributed by atoms with Gasteiger partial charge in [0.05, 0.1) is 0 Å². The van der Waals surface area contributed by atoms with Crippen molar-refractivity contribution < 1.29 is 4.79 Å². The SMILES string of the molecule is CNc1cc(C(=O)Nc2cccc(C(C)C)c2)cc(C)n1. The number of benzene rings is 1. The van der Waals surface area contributed by atoms with Gasteiger partial charge in [0.15, 0.2) is 0 Å². The Bertz CT molecular complexity index is 650. The number of carbonyl (C=O) groups excluding carboxylic acids is 1. The van der Waals surface area contributed by atoms with Gasteiger partial charge in [-0.1, -0.05) is 26.0 Å². The molecule has 1 aromatic heterocycles. The number of nitrogens with zero attached hydrogens (tertiary/aromatic N) is 1. The van der Waals surface area contributed by atoms with Gasteiger partial charge in [0, 0.05) is 24.0 Å². The molecule has 0 unspecified atom stereocenters. The lowest BCUT2D eigenvalue weighted by atomic mass is 10.0. The van der Waals surface area contributed by atoms with Crippen LogP contribution in [0.15, 0.2) is 36.4 Å². The fourth-order valence-electron chi connectivity index (χ4n) is 2.11. The number of nitrogens with one attached hydrogen (secondary N) is 2. The summed E-state index contributed by atoms with van der Waals surface area (Å²) in [6.45, 7) is 6.13. The Morgan fingerprint density at radius 1 is 1.19 bits per heavy atom. The zero-order valence-corrected chi connectivity index (χ0v) is 12.9. The number of aromatic nitrogens is 1. The number of aryl methyl sites for hydroxylation is 1. The van der Waals surface area contributed by atoms with E-state index >= 15 is 0 Å². The van der Waals surface area contributed by atoms with Gasteiger partial charge in [-0.05, 0) is 42.7 Å². The zero-order chi connectivity index (χ0) is 15.4. The largest absolute Gasteiger partial charge is 0.373 e. The van der Waals surface area contributed by atoms with E-state index in [9.17, 15) is 4.79 Å². The van der Waals surface area contributed by atoms with E-state index in [1.807, 2.05) is 25.1 Å². The van der Waals surface area contributed by atoms with Crippen LogP contribution < -0.4 is 10.6 Å². The number of carbonyl (C=O) groups is 1. The van der Waals surface area contributed by atoms with E-state index in [0.717, 1.165) is 11.4 Å². The van der Waals surface area contributed by atoms with E-state index in [1.165, 1.54) is 5.56 Å². The highest BCUT2D eigenvalue weighted by atomic mass is 16.1. The maximum Gasteiger partial charge on any atom is 0.255 e. The van der Waals surface area contributed by atoms with Gasteiger partial charge in [-0.15, -0.1) is 0 Å². The third-order valence-corrected chi connectivity index (χ3v) is 3.28. The Morgan fingerprint density at radius 2 is 1.95 bits per heavy atom. The first-order valence-electron chi connectivity index (χ1n) is 7.07. The highest BCUT2D eigenvalue weighted by Crippen LogP contribution is 2.19. The minimum Gasteiger partial charge on any atom is -0.373 e. The molecule has 0 spiro atoms. The van der Waals surface area contributed by atoms with Crippen LogP contribution in [0.2, 0.25) is 0 Å². The zero-order valence-electron chi connectivity index (χ0n) is 12.9. The Labute approximate surface area is 125 Å². The maximum atomic E-state index is 12.3. The Balaban J connectivity index is 2.21. The molecule has 0 aliphatic rings. The summed E-state index contributed by atoms with van der Waals surface area (Å²) in [6.07, 6.45) is 0. The first-order chi connectivity index (χ1) is 9.99. The smallest absolute Gasteiger partial charge is 0.255 e. The van der Waals surface area contributed by atoms with Crippen LogP contribution in [0.5, 0.6) is 0 Å². The second kappa shape index (κ2) is 6.39. The van der Waals surface area contributed by atoms with Gasteiger partial charge in [0.25, 0.3) is 5.91 Å². The van der Waals surface area contributed by atoms with Crippen molar-refractivity contribution in [1.29, 1.82) is 0 Å². The first-order valence-corrected chi connectivity index (χ1v) is 7.07. The third-order valence-electron chi connectivity index (χ3n) is 3.28. The molecule has 0 saturated heterocycles. The monoisotopic (exact) mass is 283 g/mol. The van der Waals surface area contributed by atoms with Crippen LogP contribution in [-0.4, -0.2) is 17.9 Å². The predicted molar refractivity (Wildman–Crippen MR) is 87.0 cm³/mol. The van der Waals surface area contributed by atoms with E-state index in [4.69, 9.17) is 0 Å². The molecule has 21 heavy (non-hydrogen) atoms. The lowest BCUT2D eigenvalue weighted by Crippen LogP contribution is -2.13. The van der Waals surface area contributed by atoms with E-state index in [1.54, 1.807) is 19.2 Å². The molecule has 110 valence electrons. The van der Waals surface area contributed by atoms with Crippen molar-refractivity contribution >= 4 is 17.4 Å². The number of rotatable bonds is 4. The molecule has 1 amide bonds. The van der Waals surface area contributed by atoms with Crippen LogP contribution in [0.3, 0.4) is 0 Å². The molecule has 0 aliphatic heterocycles. The highest BCUT2D eigenvalue weighted by molar-refractivity contribution is 6.04. The van der Waals surface area contributed by atoms with Crippen molar-refractivity contribution in [3.8, 4) is 0 Å².